The predicted octanol–water partition coefficient (Wildman–Crippen LogP) is 4.22. The van der Waals surface area contributed by atoms with Crippen LogP contribution in [0.15, 0.2) is 55.1 Å². The number of rotatable bonds is 6. The Bertz CT molecular complexity index is 886. The minimum atomic E-state index is 0.148. The molecule has 0 saturated carbocycles. The molecule has 1 unspecified atom stereocenters. The minimum Gasteiger partial charge on any atom is -0.454 e. The van der Waals surface area contributed by atoms with Crippen molar-refractivity contribution in [3.63, 3.8) is 0 Å². The van der Waals surface area contributed by atoms with Gasteiger partial charge in [0.1, 0.15) is 5.82 Å². The van der Waals surface area contributed by atoms with E-state index in [2.05, 4.69) is 28.3 Å². The highest BCUT2D eigenvalue weighted by atomic mass is 16.7. The quantitative estimate of drug-likeness (QED) is 0.719. The summed E-state index contributed by atoms with van der Waals surface area (Å²) in [4.78, 5) is 13.3. The highest BCUT2D eigenvalue weighted by molar-refractivity contribution is 5.65. The highest BCUT2D eigenvalue weighted by Crippen LogP contribution is 2.35. The van der Waals surface area contributed by atoms with E-state index >= 15 is 0 Å². The number of hydrogen-bond donors (Lipinski definition) is 1. The van der Waals surface area contributed by atoms with E-state index < -0.39 is 0 Å². The van der Waals surface area contributed by atoms with Crippen LogP contribution in [-0.4, -0.2) is 21.7 Å². The van der Waals surface area contributed by atoms with E-state index in [1.54, 1.807) is 18.6 Å². The van der Waals surface area contributed by atoms with Crippen molar-refractivity contribution in [2.24, 2.45) is 0 Å². The van der Waals surface area contributed by atoms with E-state index in [-0.39, 0.29) is 12.8 Å². The number of fused-ring (bicyclic) bond motifs is 1. The Morgan fingerprint density at radius 3 is 2.85 bits per heavy atom. The van der Waals surface area contributed by atoms with Crippen molar-refractivity contribution < 1.29 is 9.47 Å². The number of nitrogens with one attached hydrogen (secondary N) is 1. The zero-order chi connectivity index (χ0) is 17.8. The summed E-state index contributed by atoms with van der Waals surface area (Å²) in [6.07, 6.45) is 9.22. The van der Waals surface area contributed by atoms with Crippen LogP contribution in [0.3, 0.4) is 0 Å². The number of ether oxygens (including phenoxy) is 2. The summed E-state index contributed by atoms with van der Waals surface area (Å²) in [6, 6.07) is 9.97. The molecule has 132 valence electrons. The van der Waals surface area contributed by atoms with Crippen molar-refractivity contribution >= 4 is 5.82 Å². The molecule has 0 spiro atoms. The fraction of sp³-hybridized carbons (Fsp3) is 0.250. The third-order valence-electron chi connectivity index (χ3n) is 4.29. The standard InChI is InChI=1S/C20H20N4O2/c1-2-4-16(15-5-3-8-21-10-15)23-20-12-22-11-17(24-20)14-6-7-18-19(9-14)26-13-25-18/h3,5-12,16H,2,4,13H2,1H3,(H,23,24). The molecule has 0 aliphatic carbocycles. The van der Waals surface area contributed by atoms with Crippen molar-refractivity contribution in [1.82, 2.24) is 15.0 Å². The van der Waals surface area contributed by atoms with Gasteiger partial charge >= 0.3 is 0 Å². The van der Waals surface area contributed by atoms with E-state index in [0.717, 1.165) is 47.0 Å². The zero-order valence-electron chi connectivity index (χ0n) is 14.6. The molecular weight excluding hydrogens is 328 g/mol. The van der Waals surface area contributed by atoms with Gasteiger partial charge in [-0.15, -0.1) is 0 Å². The number of aromatic nitrogens is 3. The molecule has 1 aliphatic rings. The maximum atomic E-state index is 5.45. The van der Waals surface area contributed by atoms with Gasteiger partial charge in [-0.05, 0) is 36.2 Å². The lowest BCUT2D eigenvalue weighted by Gasteiger charge is -2.19. The summed E-state index contributed by atoms with van der Waals surface area (Å²) in [7, 11) is 0. The second-order valence-corrected chi connectivity index (χ2v) is 6.13. The van der Waals surface area contributed by atoms with Crippen LogP contribution >= 0.6 is 0 Å². The van der Waals surface area contributed by atoms with E-state index in [1.165, 1.54) is 0 Å². The third-order valence-corrected chi connectivity index (χ3v) is 4.29. The summed E-state index contributed by atoms with van der Waals surface area (Å²) in [6.45, 7) is 2.43. The molecule has 0 amide bonds. The lowest BCUT2D eigenvalue weighted by atomic mass is 10.0. The van der Waals surface area contributed by atoms with Gasteiger partial charge in [0.15, 0.2) is 11.5 Å². The predicted molar refractivity (Wildman–Crippen MR) is 99.1 cm³/mol. The Hall–Kier alpha value is -3.15. The molecule has 3 aromatic rings. The number of anilines is 1. The van der Waals surface area contributed by atoms with Gasteiger partial charge in [-0.1, -0.05) is 19.4 Å². The monoisotopic (exact) mass is 348 g/mol. The first kappa shape index (κ1) is 16.3. The molecule has 1 N–H and O–H groups in total. The molecular formula is C20H20N4O2. The Kier molecular flexibility index (Phi) is 4.64. The Labute approximate surface area is 152 Å². The lowest BCUT2D eigenvalue weighted by molar-refractivity contribution is 0.174. The maximum absolute atomic E-state index is 5.45. The average Bonchev–Trinajstić information content (AvgIpc) is 3.16. The normalized spacial score (nSPS) is 13.4. The fourth-order valence-corrected chi connectivity index (χ4v) is 3.00. The number of hydrogen-bond acceptors (Lipinski definition) is 6. The summed E-state index contributed by atoms with van der Waals surface area (Å²) in [5.74, 6) is 2.24. The maximum Gasteiger partial charge on any atom is 0.231 e. The molecule has 6 heteroatoms. The van der Waals surface area contributed by atoms with Crippen LogP contribution in [0.5, 0.6) is 11.5 Å². The Morgan fingerprint density at radius 1 is 1.08 bits per heavy atom. The van der Waals surface area contributed by atoms with E-state index in [4.69, 9.17) is 14.5 Å². The molecule has 0 radical (unpaired) electrons. The molecule has 6 nitrogen and oxygen atoms in total. The topological polar surface area (TPSA) is 69.2 Å². The molecule has 1 aliphatic heterocycles. The minimum absolute atomic E-state index is 0.148. The second-order valence-electron chi connectivity index (χ2n) is 6.13. The van der Waals surface area contributed by atoms with Crippen LogP contribution in [0.1, 0.15) is 31.4 Å². The van der Waals surface area contributed by atoms with Crippen LogP contribution in [-0.2, 0) is 0 Å². The smallest absolute Gasteiger partial charge is 0.231 e. The van der Waals surface area contributed by atoms with Gasteiger partial charge in [0.05, 0.1) is 24.1 Å². The van der Waals surface area contributed by atoms with Gasteiger partial charge in [0, 0.05) is 18.0 Å². The molecule has 1 aromatic carbocycles. The summed E-state index contributed by atoms with van der Waals surface area (Å²) >= 11 is 0. The molecule has 0 fully saturated rings. The summed E-state index contributed by atoms with van der Waals surface area (Å²) < 4.78 is 10.8. The number of pyridine rings is 1. The van der Waals surface area contributed by atoms with Crippen molar-refractivity contribution in [2.75, 3.05) is 12.1 Å². The lowest BCUT2D eigenvalue weighted by Crippen LogP contribution is -2.12. The molecule has 2 aromatic heterocycles. The van der Waals surface area contributed by atoms with Gasteiger partial charge in [-0.2, -0.15) is 0 Å². The van der Waals surface area contributed by atoms with Crippen LogP contribution in [0.25, 0.3) is 11.3 Å². The van der Waals surface area contributed by atoms with Gasteiger partial charge in [-0.3, -0.25) is 9.97 Å². The van der Waals surface area contributed by atoms with Crippen molar-refractivity contribution in [3.8, 4) is 22.8 Å². The van der Waals surface area contributed by atoms with E-state index in [0.29, 0.717) is 0 Å². The van der Waals surface area contributed by atoms with Crippen molar-refractivity contribution in [2.45, 2.75) is 25.8 Å². The van der Waals surface area contributed by atoms with Crippen LogP contribution in [0.4, 0.5) is 5.82 Å². The van der Waals surface area contributed by atoms with Crippen LogP contribution in [0.2, 0.25) is 0 Å². The second kappa shape index (κ2) is 7.39. The van der Waals surface area contributed by atoms with Gasteiger partial charge in [0.25, 0.3) is 0 Å². The number of benzene rings is 1. The third kappa shape index (κ3) is 3.44. The summed E-state index contributed by atoms with van der Waals surface area (Å²) in [5, 5.41) is 3.49. The van der Waals surface area contributed by atoms with Gasteiger partial charge < -0.3 is 14.8 Å². The fourth-order valence-electron chi connectivity index (χ4n) is 3.00. The zero-order valence-corrected chi connectivity index (χ0v) is 14.6. The Morgan fingerprint density at radius 2 is 2.00 bits per heavy atom. The molecule has 4 rings (SSSR count). The molecule has 3 heterocycles. The van der Waals surface area contributed by atoms with Crippen molar-refractivity contribution in [3.05, 3.63) is 60.7 Å². The molecule has 0 bridgehead atoms. The SMILES string of the molecule is CCCC(Nc1cncc(-c2ccc3c(c2)OCO3)n1)c1cccnc1. The van der Waals surface area contributed by atoms with E-state index in [1.807, 2.05) is 30.5 Å². The largest absolute Gasteiger partial charge is 0.454 e. The summed E-state index contributed by atoms with van der Waals surface area (Å²) in [5.41, 5.74) is 2.87. The molecule has 0 saturated heterocycles. The van der Waals surface area contributed by atoms with Crippen LogP contribution in [0, 0.1) is 0 Å². The van der Waals surface area contributed by atoms with Crippen LogP contribution < -0.4 is 14.8 Å². The first-order valence-electron chi connectivity index (χ1n) is 8.72. The first-order chi connectivity index (χ1) is 12.8. The highest BCUT2D eigenvalue weighted by Gasteiger charge is 2.16. The molecule has 1 atom stereocenters. The van der Waals surface area contributed by atoms with Gasteiger partial charge in [-0.25, -0.2) is 4.98 Å². The first-order valence-corrected chi connectivity index (χ1v) is 8.72. The Balaban J connectivity index is 1.59. The molecule has 26 heavy (non-hydrogen) atoms. The van der Waals surface area contributed by atoms with Crippen molar-refractivity contribution in [1.29, 1.82) is 0 Å². The number of nitrogens with zero attached hydrogens (tertiary/aromatic N) is 3. The van der Waals surface area contributed by atoms with Gasteiger partial charge in [0.2, 0.25) is 6.79 Å². The average molecular weight is 348 g/mol. The van der Waals surface area contributed by atoms with E-state index in [9.17, 15) is 0 Å².